The molecule has 0 bridgehead atoms. The number of aliphatic carboxylic acids is 1. The molecule has 3 amide bonds. The van der Waals surface area contributed by atoms with Gasteiger partial charge in [-0.15, -0.1) is 11.8 Å². The van der Waals surface area contributed by atoms with Gasteiger partial charge in [-0.3, -0.25) is 19.2 Å². The van der Waals surface area contributed by atoms with Crippen molar-refractivity contribution >= 4 is 47.1 Å². The molecule has 29 heavy (non-hydrogen) atoms. The number of hydrogen-bond acceptors (Lipinski definition) is 7. The minimum atomic E-state index is -1.09. The van der Waals surface area contributed by atoms with Gasteiger partial charge in [0.25, 0.3) is 5.91 Å². The summed E-state index contributed by atoms with van der Waals surface area (Å²) in [6, 6.07) is 2.36. The molecule has 0 aromatic heterocycles. The second-order valence-corrected chi connectivity index (χ2v) is 9.23. The van der Waals surface area contributed by atoms with E-state index in [9.17, 15) is 29.1 Å². The fourth-order valence-corrected chi connectivity index (χ4v) is 5.33. The number of nitrogens with zero attached hydrogens (tertiary/aromatic N) is 1. The lowest BCUT2D eigenvalue weighted by molar-refractivity contribution is -0.159. The molecule has 2 fully saturated rings. The zero-order valence-corrected chi connectivity index (χ0v) is 16.2. The Hall–Kier alpha value is -3.08. The van der Waals surface area contributed by atoms with Gasteiger partial charge >= 0.3 is 11.9 Å². The minimum Gasteiger partial charge on any atom is -0.480 e. The summed E-state index contributed by atoms with van der Waals surface area (Å²) in [7, 11) is 0. The van der Waals surface area contributed by atoms with Gasteiger partial charge < -0.3 is 25.4 Å². The molecule has 3 heterocycles. The van der Waals surface area contributed by atoms with Crippen LogP contribution in [-0.4, -0.2) is 61.9 Å². The fraction of sp³-hybridized carbons (Fsp3) is 0.389. The van der Waals surface area contributed by atoms with Crippen molar-refractivity contribution in [1.82, 2.24) is 10.2 Å². The number of ether oxygens (including phenoxy) is 1. The molecule has 0 saturated carbocycles. The van der Waals surface area contributed by atoms with Crippen LogP contribution in [0, 0.1) is 0 Å². The minimum absolute atomic E-state index is 0.0392. The maximum Gasteiger partial charge on any atom is 0.327 e. The lowest BCUT2D eigenvalue weighted by Gasteiger charge is -2.43. The summed E-state index contributed by atoms with van der Waals surface area (Å²) < 4.78 is 4.38. The summed E-state index contributed by atoms with van der Waals surface area (Å²) >= 11 is 1.32. The van der Waals surface area contributed by atoms with Gasteiger partial charge in [0.1, 0.15) is 23.9 Å². The van der Waals surface area contributed by atoms with Crippen molar-refractivity contribution in [1.29, 1.82) is 0 Å². The second-order valence-electron chi connectivity index (χ2n) is 7.46. The van der Waals surface area contributed by atoms with Gasteiger partial charge in [-0.1, -0.05) is 0 Å². The first-order valence-electron chi connectivity index (χ1n) is 8.77. The predicted octanol–water partition coefficient (Wildman–Crippen LogP) is 0.179. The molecule has 0 aliphatic carbocycles. The number of hydrogen-bond donors (Lipinski definition) is 3. The molecule has 3 atom stereocenters. The van der Waals surface area contributed by atoms with Crippen molar-refractivity contribution in [3.63, 3.8) is 0 Å². The van der Waals surface area contributed by atoms with Crippen LogP contribution in [0.2, 0.25) is 0 Å². The molecule has 3 aliphatic heterocycles. The maximum absolute atomic E-state index is 12.6. The highest BCUT2D eigenvalue weighted by Crippen LogP contribution is 2.50. The molecule has 2 saturated heterocycles. The first kappa shape index (κ1) is 19.2. The quantitative estimate of drug-likeness (QED) is 0.273. The number of fused-ring (bicyclic) bond motifs is 2. The van der Waals surface area contributed by atoms with Crippen LogP contribution in [0.25, 0.3) is 0 Å². The van der Waals surface area contributed by atoms with Gasteiger partial charge in [-0.25, -0.2) is 4.79 Å². The van der Waals surface area contributed by atoms with Crippen LogP contribution in [0.4, 0.5) is 5.69 Å². The van der Waals surface area contributed by atoms with E-state index in [1.165, 1.54) is 34.9 Å². The maximum atomic E-state index is 12.6. The van der Waals surface area contributed by atoms with E-state index in [0.29, 0.717) is 0 Å². The molecular formula is C18H17N3O7S. The van der Waals surface area contributed by atoms with E-state index in [1.54, 1.807) is 13.8 Å². The molecule has 10 nitrogen and oxygen atoms in total. The molecule has 0 spiro atoms. The molecular weight excluding hydrogens is 402 g/mol. The number of benzene rings is 1. The van der Waals surface area contributed by atoms with Crippen LogP contribution < -0.4 is 15.4 Å². The van der Waals surface area contributed by atoms with Crippen LogP contribution in [0.5, 0.6) is 5.75 Å². The first-order valence-corrected chi connectivity index (χ1v) is 9.65. The Bertz CT molecular complexity index is 976. The monoisotopic (exact) mass is 419 g/mol. The van der Waals surface area contributed by atoms with Crippen molar-refractivity contribution in [2.75, 3.05) is 5.32 Å². The van der Waals surface area contributed by atoms with Crippen molar-refractivity contribution in [2.45, 2.75) is 42.5 Å². The van der Waals surface area contributed by atoms with E-state index in [0.717, 1.165) is 0 Å². The molecule has 3 aliphatic rings. The lowest BCUT2D eigenvalue weighted by atomic mass is 9.96. The Labute approximate surface area is 168 Å². The smallest absolute Gasteiger partial charge is 0.327 e. The van der Waals surface area contributed by atoms with Gasteiger partial charge in [-0.05, 0) is 32.0 Å². The van der Waals surface area contributed by atoms with Crippen LogP contribution in [0.3, 0.4) is 0 Å². The highest BCUT2D eigenvalue weighted by Gasteiger charge is 2.64. The van der Waals surface area contributed by atoms with Crippen LogP contribution in [0.1, 0.15) is 30.6 Å². The number of amides is 3. The molecule has 0 radical (unpaired) electrons. The Kier molecular flexibility index (Phi) is 4.30. The van der Waals surface area contributed by atoms with Crippen molar-refractivity contribution in [3.8, 4) is 5.75 Å². The summed E-state index contributed by atoms with van der Waals surface area (Å²) in [5.41, 5.74) is 0.400. The SMILES string of the molecule is CC1(C)S[C@@H]2[C@H](NC(=O)c3ccc4c(c3)OC(=O)CC(=O)N4)C(=O)N2[C@H]1C(=O)O. The van der Waals surface area contributed by atoms with Gasteiger partial charge in [0, 0.05) is 10.3 Å². The average molecular weight is 419 g/mol. The average Bonchev–Trinajstić information content (AvgIpc) is 2.78. The third-order valence-electron chi connectivity index (χ3n) is 5.01. The summed E-state index contributed by atoms with van der Waals surface area (Å²) in [4.78, 5) is 61.1. The number of anilines is 1. The molecule has 1 aromatic carbocycles. The van der Waals surface area contributed by atoms with Crippen LogP contribution in [0.15, 0.2) is 18.2 Å². The highest BCUT2D eigenvalue weighted by molar-refractivity contribution is 8.01. The van der Waals surface area contributed by atoms with Gasteiger partial charge in [0.15, 0.2) is 5.75 Å². The Morgan fingerprint density at radius 1 is 1.31 bits per heavy atom. The first-order chi connectivity index (χ1) is 13.6. The largest absolute Gasteiger partial charge is 0.480 e. The number of carboxylic acids is 1. The van der Waals surface area contributed by atoms with Crippen molar-refractivity contribution < 1.29 is 33.8 Å². The zero-order chi connectivity index (χ0) is 21.1. The predicted molar refractivity (Wildman–Crippen MR) is 100 cm³/mol. The van der Waals surface area contributed by atoms with Gasteiger partial charge in [-0.2, -0.15) is 0 Å². The number of carbonyl (C=O) groups excluding carboxylic acids is 4. The Balaban J connectivity index is 1.51. The topological polar surface area (TPSA) is 142 Å². The number of esters is 1. The van der Waals surface area contributed by atoms with E-state index < -0.39 is 58.3 Å². The van der Waals surface area contributed by atoms with Crippen LogP contribution >= 0.6 is 11.8 Å². The highest BCUT2D eigenvalue weighted by atomic mass is 32.2. The molecule has 0 unspecified atom stereocenters. The number of thioether (sulfide) groups is 1. The number of nitrogens with one attached hydrogen (secondary N) is 2. The standard InChI is InChI=1S/C18H17N3O7S/c1-18(2)13(17(26)27)21-15(25)12(16(21)29-18)20-14(24)7-3-4-8-9(5-7)28-11(23)6-10(22)19-8/h3-5,12-13,16H,6H2,1-2H3,(H,19,22)(H,20,24)(H,26,27)/t12-,13+,16-/m1/s1. The summed E-state index contributed by atoms with van der Waals surface area (Å²) in [6.07, 6.45) is -0.429. The number of carboxylic acid groups (broad SMARTS) is 1. The number of β-lactam (4-membered cyclic amide) rings is 1. The van der Waals surface area contributed by atoms with E-state index in [2.05, 4.69) is 10.6 Å². The van der Waals surface area contributed by atoms with E-state index in [1.807, 2.05) is 0 Å². The third kappa shape index (κ3) is 3.11. The summed E-state index contributed by atoms with van der Waals surface area (Å²) in [5.74, 6) is -3.33. The molecule has 3 N–H and O–H groups in total. The number of rotatable bonds is 3. The van der Waals surface area contributed by atoms with E-state index in [-0.39, 0.29) is 17.0 Å². The van der Waals surface area contributed by atoms with Gasteiger partial charge in [0.05, 0.1) is 5.69 Å². The van der Waals surface area contributed by atoms with Gasteiger partial charge in [0.2, 0.25) is 11.8 Å². The van der Waals surface area contributed by atoms with Crippen LogP contribution in [-0.2, 0) is 19.2 Å². The molecule has 4 rings (SSSR count). The van der Waals surface area contributed by atoms with Crippen molar-refractivity contribution in [3.05, 3.63) is 23.8 Å². The third-order valence-corrected chi connectivity index (χ3v) is 6.58. The number of carbonyl (C=O) groups is 5. The molecule has 152 valence electrons. The van der Waals surface area contributed by atoms with Crippen molar-refractivity contribution in [2.24, 2.45) is 0 Å². The Morgan fingerprint density at radius 2 is 2.03 bits per heavy atom. The lowest BCUT2D eigenvalue weighted by Crippen LogP contribution is -2.70. The summed E-state index contributed by atoms with van der Waals surface area (Å²) in [6.45, 7) is 3.49. The van der Waals surface area contributed by atoms with E-state index >= 15 is 0 Å². The zero-order valence-electron chi connectivity index (χ0n) is 15.4. The second kappa shape index (κ2) is 6.48. The fourth-order valence-electron chi connectivity index (χ4n) is 3.71. The Morgan fingerprint density at radius 3 is 2.72 bits per heavy atom. The van der Waals surface area contributed by atoms with E-state index in [4.69, 9.17) is 4.74 Å². The summed E-state index contributed by atoms with van der Waals surface area (Å²) in [5, 5.41) is 14.1. The molecule has 11 heteroatoms. The normalized spacial score (nSPS) is 27.0. The molecule has 1 aromatic rings.